The molecule has 8 rings (SSSR count). The van der Waals surface area contributed by atoms with Crippen LogP contribution >= 0.6 is 0 Å². The van der Waals surface area contributed by atoms with Gasteiger partial charge in [0.15, 0.2) is 0 Å². The van der Waals surface area contributed by atoms with Crippen molar-refractivity contribution in [2.24, 2.45) is 0 Å². The Hall–Kier alpha value is -4.68. The molecule has 0 saturated heterocycles. The summed E-state index contributed by atoms with van der Waals surface area (Å²) in [5.41, 5.74) is 20.3. The van der Waals surface area contributed by atoms with E-state index in [9.17, 15) is 0 Å². The van der Waals surface area contributed by atoms with Gasteiger partial charge in [0.2, 0.25) is 0 Å². The molecule has 0 aromatic heterocycles. The number of benzene rings is 6. The van der Waals surface area contributed by atoms with Crippen LogP contribution in [-0.4, -0.2) is 0 Å². The first kappa shape index (κ1) is 26.9. The molecular weight excluding hydrogens is 528 g/mol. The zero-order valence-corrected chi connectivity index (χ0v) is 26.3. The second-order valence-corrected chi connectivity index (χ2v) is 13.7. The number of rotatable bonds is 4. The van der Waals surface area contributed by atoms with Gasteiger partial charge in [-0.15, -0.1) is 0 Å². The van der Waals surface area contributed by atoms with Gasteiger partial charge < -0.3 is 0 Å². The van der Waals surface area contributed by atoms with E-state index in [2.05, 4.69) is 162 Å². The first-order valence-corrected chi connectivity index (χ1v) is 15.9. The molecule has 2 aliphatic rings. The second-order valence-electron chi connectivity index (χ2n) is 13.7. The van der Waals surface area contributed by atoms with Crippen molar-refractivity contribution >= 4 is 0 Å². The topological polar surface area (TPSA) is 0 Å². The molecule has 0 radical (unpaired) electrons. The summed E-state index contributed by atoms with van der Waals surface area (Å²) in [5, 5.41) is 0. The molecule has 0 aliphatic heterocycles. The Kier molecular flexibility index (Phi) is 5.91. The van der Waals surface area contributed by atoms with E-state index in [1.165, 1.54) is 83.5 Å². The minimum absolute atomic E-state index is 0.0260. The normalized spacial score (nSPS) is 17.1. The summed E-state index contributed by atoms with van der Waals surface area (Å²) < 4.78 is 0. The summed E-state index contributed by atoms with van der Waals surface area (Å²) in [5.74, 6) is 0. The van der Waals surface area contributed by atoms with Crippen molar-refractivity contribution < 1.29 is 0 Å². The first-order valence-electron chi connectivity index (χ1n) is 15.9. The maximum Gasteiger partial charge on any atom is 0.0227 e. The molecule has 0 bridgehead atoms. The van der Waals surface area contributed by atoms with E-state index in [4.69, 9.17) is 0 Å². The molecule has 6 aromatic rings. The van der Waals surface area contributed by atoms with Crippen LogP contribution in [0.2, 0.25) is 0 Å². The molecule has 0 fully saturated rings. The predicted octanol–water partition coefficient (Wildman–Crippen LogP) is 11.5. The number of hydrogen-bond acceptors (Lipinski definition) is 0. The van der Waals surface area contributed by atoms with E-state index < -0.39 is 0 Å². The van der Waals surface area contributed by atoms with Crippen LogP contribution in [0.5, 0.6) is 0 Å². The molecule has 0 spiro atoms. The summed E-state index contributed by atoms with van der Waals surface area (Å²) in [6.07, 6.45) is 0.953. The van der Waals surface area contributed by atoms with E-state index in [1.54, 1.807) is 0 Å². The van der Waals surface area contributed by atoms with E-state index >= 15 is 0 Å². The highest BCUT2D eigenvalue weighted by molar-refractivity contribution is 5.93. The Morgan fingerprint density at radius 3 is 1.84 bits per heavy atom. The van der Waals surface area contributed by atoms with Gasteiger partial charge in [-0.3, -0.25) is 0 Å². The summed E-state index contributed by atoms with van der Waals surface area (Å²) >= 11 is 0. The Labute approximate surface area is 262 Å². The fourth-order valence-electron chi connectivity index (χ4n) is 8.12. The second kappa shape index (κ2) is 9.66. The zero-order valence-electron chi connectivity index (χ0n) is 26.3. The van der Waals surface area contributed by atoms with Crippen LogP contribution in [0, 0.1) is 13.8 Å². The van der Waals surface area contributed by atoms with Crippen LogP contribution in [0.15, 0.2) is 127 Å². The van der Waals surface area contributed by atoms with Gasteiger partial charge in [0.05, 0.1) is 0 Å². The van der Waals surface area contributed by atoms with Crippen LogP contribution in [0.25, 0.3) is 44.5 Å². The van der Waals surface area contributed by atoms with Crippen LogP contribution in [0.4, 0.5) is 0 Å². The number of fused-ring (bicyclic) bond motifs is 6. The lowest BCUT2D eigenvalue weighted by Gasteiger charge is -2.29. The van der Waals surface area contributed by atoms with Crippen molar-refractivity contribution in [3.63, 3.8) is 0 Å². The standard InChI is InChI=1S/C44H38/c1-28-17-20-30(21-18-28)34-13-10-16-41-42(34)36-12-7-9-15-40(36)44(41,5)27-33-25-31(22-19-29(33)2)32-23-24-39-37(26-32)35-11-6-8-14-38(35)43(39,3)4/h6-26H,27H2,1-5H3. The highest BCUT2D eigenvalue weighted by Crippen LogP contribution is 2.54. The van der Waals surface area contributed by atoms with Gasteiger partial charge >= 0.3 is 0 Å². The lowest BCUT2D eigenvalue weighted by atomic mass is 9.74. The zero-order chi connectivity index (χ0) is 30.2. The van der Waals surface area contributed by atoms with Gasteiger partial charge in [0, 0.05) is 10.8 Å². The molecular formula is C44H38. The van der Waals surface area contributed by atoms with Crippen LogP contribution in [0.3, 0.4) is 0 Å². The van der Waals surface area contributed by atoms with Crippen molar-refractivity contribution in [3.05, 3.63) is 166 Å². The molecule has 1 unspecified atom stereocenters. The number of hydrogen-bond donors (Lipinski definition) is 0. The summed E-state index contributed by atoms with van der Waals surface area (Å²) in [6.45, 7) is 11.6. The maximum atomic E-state index is 2.46. The Bertz CT molecular complexity index is 2090. The molecule has 0 N–H and O–H groups in total. The first-order chi connectivity index (χ1) is 21.3. The third-order valence-corrected chi connectivity index (χ3v) is 10.6. The van der Waals surface area contributed by atoms with Crippen molar-refractivity contribution in [2.45, 2.75) is 51.9 Å². The van der Waals surface area contributed by atoms with Gasteiger partial charge in [0.1, 0.15) is 0 Å². The van der Waals surface area contributed by atoms with Crippen molar-refractivity contribution in [1.82, 2.24) is 0 Å². The molecule has 0 heteroatoms. The predicted molar refractivity (Wildman–Crippen MR) is 186 cm³/mol. The SMILES string of the molecule is Cc1ccc(-c2cccc3c2-c2ccccc2C3(C)Cc2cc(-c3ccc4c(c3)-c3ccccc3C4(C)C)ccc2C)cc1. The van der Waals surface area contributed by atoms with Crippen LogP contribution in [0.1, 0.15) is 59.7 Å². The molecule has 44 heavy (non-hydrogen) atoms. The largest absolute Gasteiger partial charge is 0.0619 e. The highest BCUT2D eigenvalue weighted by atomic mass is 14.4. The fraction of sp³-hybridized carbons (Fsp3) is 0.182. The summed E-state index contributed by atoms with van der Waals surface area (Å²) in [7, 11) is 0. The lowest BCUT2D eigenvalue weighted by molar-refractivity contribution is 0.581. The summed E-state index contributed by atoms with van der Waals surface area (Å²) in [4.78, 5) is 0. The molecule has 0 amide bonds. The van der Waals surface area contributed by atoms with Gasteiger partial charge in [-0.1, -0.05) is 148 Å². The lowest BCUT2D eigenvalue weighted by Crippen LogP contribution is -2.24. The molecule has 0 saturated carbocycles. The molecule has 6 aromatic carbocycles. The average molecular weight is 567 g/mol. The van der Waals surface area contributed by atoms with E-state index in [0.717, 1.165) is 6.42 Å². The molecule has 0 nitrogen and oxygen atoms in total. The third kappa shape index (κ3) is 3.90. The minimum Gasteiger partial charge on any atom is -0.0619 e. The van der Waals surface area contributed by atoms with E-state index in [0.29, 0.717) is 0 Å². The molecule has 0 heterocycles. The average Bonchev–Trinajstić information content (AvgIpc) is 3.43. The molecule has 214 valence electrons. The van der Waals surface area contributed by atoms with Gasteiger partial charge in [-0.05, 0) is 104 Å². The van der Waals surface area contributed by atoms with Gasteiger partial charge in [-0.25, -0.2) is 0 Å². The Morgan fingerprint density at radius 1 is 0.455 bits per heavy atom. The monoisotopic (exact) mass is 566 g/mol. The Balaban J connectivity index is 1.23. The van der Waals surface area contributed by atoms with Crippen molar-refractivity contribution in [2.75, 3.05) is 0 Å². The van der Waals surface area contributed by atoms with E-state index in [-0.39, 0.29) is 10.8 Å². The smallest absolute Gasteiger partial charge is 0.0227 e. The van der Waals surface area contributed by atoms with Crippen LogP contribution < -0.4 is 0 Å². The molecule has 1 atom stereocenters. The third-order valence-electron chi connectivity index (χ3n) is 10.6. The van der Waals surface area contributed by atoms with Crippen LogP contribution in [-0.2, 0) is 17.3 Å². The summed E-state index contributed by atoms with van der Waals surface area (Å²) in [6, 6.07) is 48.1. The fourth-order valence-corrected chi connectivity index (χ4v) is 8.12. The van der Waals surface area contributed by atoms with Crippen molar-refractivity contribution in [1.29, 1.82) is 0 Å². The van der Waals surface area contributed by atoms with Gasteiger partial charge in [-0.2, -0.15) is 0 Å². The molecule has 2 aliphatic carbocycles. The number of aryl methyl sites for hydroxylation is 2. The quantitative estimate of drug-likeness (QED) is 0.199. The minimum atomic E-state index is -0.128. The highest BCUT2D eigenvalue weighted by Gasteiger charge is 2.41. The maximum absolute atomic E-state index is 2.46. The van der Waals surface area contributed by atoms with E-state index in [1.807, 2.05) is 0 Å². The van der Waals surface area contributed by atoms with Gasteiger partial charge in [0.25, 0.3) is 0 Å². The Morgan fingerprint density at radius 2 is 1.05 bits per heavy atom. The van der Waals surface area contributed by atoms with Crippen molar-refractivity contribution in [3.8, 4) is 44.5 Å².